The SMILES string of the molecule is CC(C)(C)OC(=O)C(OS(C)(=O)=O)c1cc(I)ccc1F. The molecule has 0 aliphatic rings. The van der Waals surface area contributed by atoms with E-state index >= 15 is 0 Å². The summed E-state index contributed by atoms with van der Waals surface area (Å²) < 4.78 is 47.0. The Labute approximate surface area is 137 Å². The molecule has 5 nitrogen and oxygen atoms in total. The van der Waals surface area contributed by atoms with Crippen molar-refractivity contribution in [2.24, 2.45) is 0 Å². The molecule has 118 valence electrons. The molecular weight excluding hydrogens is 414 g/mol. The number of carbonyl (C=O) groups excluding carboxylic acids is 1. The molecule has 1 aromatic rings. The molecule has 0 N–H and O–H groups in total. The summed E-state index contributed by atoms with van der Waals surface area (Å²) in [5.74, 6) is -1.70. The lowest BCUT2D eigenvalue weighted by Gasteiger charge is -2.24. The quantitative estimate of drug-likeness (QED) is 0.418. The van der Waals surface area contributed by atoms with E-state index in [4.69, 9.17) is 8.92 Å². The van der Waals surface area contributed by atoms with Gasteiger partial charge in [-0.1, -0.05) is 0 Å². The van der Waals surface area contributed by atoms with Crippen molar-refractivity contribution in [2.45, 2.75) is 32.5 Å². The van der Waals surface area contributed by atoms with Crippen LogP contribution in [-0.4, -0.2) is 26.2 Å². The third-order valence-corrected chi connectivity index (χ3v) is 3.35. The van der Waals surface area contributed by atoms with E-state index in [2.05, 4.69) is 0 Å². The standard InChI is InChI=1S/C13H16FIO5S/c1-13(2,3)19-12(16)11(20-21(4,17)18)9-7-8(15)5-6-10(9)14/h5-7,11H,1-4H3. The fraction of sp³-hybridized carbons (Fsp3) is 0.462. The van der Waals surface area contributed by atoms with Crippen molar-refractivity contribution in [2.75, 3.05) is 6.26 Å². The predicted octanol–water partition coefficient (Wildman–Crippen LogP) is 2.79. The summed E-state index contributed by atoms with van der Waals surface area (Å²) in [5.41, 5.74) is -1.03. The van der Waals surface area contributed by atoms with Crippen molar-refractivity contribution < 1.29 is 26.5 Å². The van der Waals surface area contributed by atoms with Gasteiger partial charge in [-0.2, -0.15) is 8.42 Å². The van der Waals surface area contributed by atoms with Gasteiger partial charge in [-0.25, -0.2) is 13.4 Å². The highest BCUT2D eigenvalue weighted by molar-refractivity contribution is 14.1. The molecule has 0 spiro atoms. The van der Waals surface area contributed by atoms with Crippen molar-refractivity contribution in [3.63, 3.8) is 0 Å². The van der Waals surface area contributed by atoms with E-state index < -0.39 is 33.6 Å². The monoisotopic (exact) mass is 430 g/mol. The normalized spacial score (nSPS) is 13.8. The van der Waals surface area contributed by atoms with Crippen molar-refractivity contribution in [1.29, 1.82) is 0 Å². The van der Waals surface area contributed by atoms with Gasteiger partial charge in [0.25, 0.3) is 10.1 Å². The Morgan fingerprint density at radius 3 is 2.38 bits per heavy atom. The van der Waals surface area contributed by atoms with Gasteiger partial charge < -0.3 is 4.74 Å². The number of benzene rings is 1. The first-order valence-corrected chi connectivity index (χ1v) is 8.84. The molecule has 0 heterocycles. The molecular formula is C13H16FIO5S. The summed E-state index contributed by atoms with van der Waals surface area (Å²) >= 11 is 1.92. The van der Waals surface area contributed by atoms with E-state index in [1.165, 1.54) is 12.1 Å². The van der Waals surface area contributed by atoms with Crippen molar-refractivity contribution in [3.8, 4) is 0 Å². The molecule has 0 fully saturated rings. The maximum Gasteiger partial charge on any atom is 0.342 e. The molecule has 1 rings (SSSR count). The van der Waals surface area contributed by atoms with Crippen LogP contribution in [0.5, 0.6) is 0 Å². The van der Waals surface area contributed by atoms with Gasteiger partial charge in [0.2, 0.25) is 6.10 Å². The van der Waals surface area contributed by atoms with Gasteiger partial charge in [-0.15, -0.1) is 0 Å². The minimum absolute atomic E-state index is 0.179. The highest BCUT2D eigenvalue weighted by Gasteiger charge is 2.32. The fourth-order valence-corrected chi connectivity index (χ4v) is 2.51. The summed E-state index contributed by atoms with van der Waals surface area (Å²) in [7, 11) is -3.97. The van der Waals surface area contributed by atoms with E-state index in [0.29, 0.717) is 3.57 Å². The molecule has 1 atom stereocenters. The van der Waals surface area contributed by atoms with E-state index in [1.807, 2.05) is 22.6 Å². The van der Waals surface area contributed by atoms with E-state index in [1.54, 1.807) is 20.8 Å². The first-order chi connectivity index (χ1) is 9.39. The van der Waals surface area contributed by atoms with Crippen molar-refractivity contribution >= 4 is 38.7 Å². The van der Waals surface area contributed by atoms with Crippen LogP contribution in [0, 0.1) is 9.39 Å². The van der Waals surface area contributed by atoms with Crippen molar-refractivity contribution in [3.05, 3.63) is 33.1 Å². The summed E-state index contributed by atoms with van der Waals surface area (Å²) in [5, 5.41) is 0. The lowest BCUT2D eigenvalue weighted by atomic mass is 10.1. The number of hydrogen-bond donors (Lipinski definition) is 0. The molecule has 0 saturated heterocycles. The number of esters is 1. The van der Waals surface area contributed by atoms with Crippen LogP contribution in [0.15, 0.2) is 18.2 Å². The smallest absolute Gasteiger partial charge is 0.342 e. The molecule has 0 aliphatic heterocycles. The van der Waals surface area contributed by atoms with Crippen LogP contribution >= 0.6 is 22.6 Å². The first kappa shape index (κ1) is 18.3. The lowest BCUT2D eigenvalue weighted by molar-refractivity contribution is -0.163. The van der Waals surface area contributed by atoms with Crippen LogP contribution in [0.3, 0.4) is 0 Å². The van der Waals surface area contributed by atoms with Crippen LogP contribution in [-0.2, 0) is 23.8 Å². The second-order valence-electron chi connectivity index (χ2n) is 5.38. The Balaban J connectivity index is 3.25. The Kier molecular flexibility index (Phi) is 5.73. The maximum absolute atomic E-state index is 13.9. The van der Waals surface area contributed by atoms with Crippen LogP contribution < -0.4 is 0 Å². The number of ether oxygens (including phenoxy) is 1. The highest BCUT2D eigenvalue weighted by Crippen LogP contribution is 2.27. The molecule has 1 aromatic carbocycles. The molecule has 0 saturated carbocycles. The molecule has 0 aromatic heterocycles. The number of halogens is 2. The third kappa shape index (κ3) is 6.27. The van der Waals surface area contributed by atoms with Gasteiger partial charge in [0.15, 0.2) is 0 Å². The van der Waals surface area contributed by atoms with Gasteiger partial charge in [-0.05, 0) is 61.6 Å². The summed E-state index contributed by atoms with van der Waals surface area (Å²) in [6.45, 7) is 4.86. The Hall–Kier alpha value is -0.740. The van der Waals surface area contributed by atoms with Gasteiger partial charge in [0.1, 0.15) is 11.4 Å². The molecule has 0 bridgehead atoms. The average molecular weight is 430 g/mol. The summed E-state index contributed by atoms with van der Waals surface area (Å²) in [4.78, 5) is 12.1. The minimum atomic E-state index is -3.97. The maximum atomic E-state index is 13.9. The largest absolute Gasteiger partial charge is 0.458 e. The molecule has 1 unspecified atom stereocenters. The highest BCUT2D eigenvalue weighted by atomic mass is 127. The van der Waals surface area contributed by atoms with Gasteiger partial charge in [0.05, 0.1) is 6.26 Å². The van der Waals surface area contributed by atoms with Crippen LogP contribution in [0.1, 0.15) is 32.4 Å². The molecule has 8 heteroatoms. The Morgan fingerprint density at radius 2 is 1.90 bits per heavy atom. The second-order valence-corrected chi connectivity index (χ2v) is 8.23. The lowest BCUT2D eigenvalue weighted by Crippen LogP contribution is -2.30. The molecule has 0 radical (unpaired) electrons. The third-order valence-electron chi connectivity index (χ3n) is 2.13. The molecule has 0 aliphatic carbocycles. The number of rotatable bonds is 4. The van der Waals surface area contributed by atoms with E-state index in [0.717, 1.165) is 12.3 Å². The first-order valence-electron chi connectivity index (χ1n) is 5.95. The van der Waals surface area contributed by atoms with Crippen LogP contribution in [0.25, 0.3) is 0 Å². The summed E-state index contributed by atoms with van der Waals surface area (Å²) in [6, 6.07) is 3.97. The number of carbonyl (C=O) groups is 1. The summed E-state index contributed by atoms with van der Waals surface area (Å²) in [6.07, 6.45) is -0.884. The molecule has 0 amide bonds. The Morgan fingerprint density at radius 1 is 1.33 bits per heavy atom. The van der Waals surface area contributed by atoms with Crippen LogP contribution in [0.2, 0.25) is 0 Å². The zero-order valence-corrected chi connectivity index (χ0v) is 15.0. The van der Waals surface area contributed by atoms with Crippen LogP contribution in [0.4, 0.5) is 4.39 Å². The fourth-order valence-electron chi connectivity index (χ4n) is 1.46. The van der Waals surface area contributed by atoms with Gasteiger partial charge in [0, 0.05) is 9.13 Å². The topological polar surface area (TPSA) is 69.7 Å². The predicted molar refractivity (Wildman–Crippen MR) is 83.6 cm³/mol. The Bertz CT molecular complexity index is 636. The van der Waals surface area contributed by atoms with Gasteiger partial charge >= 0.3 is 5.97 Å². The van der Waals surface area contributed by atoms with E-state index in [9.17, 15) is 17.6 Å². The minimum Gasteiger partial charge on any atom is -0.458 e. The zero-order chi connectivity index (χ0) is 16.4. The van der Waals surface area contributed by atoms with E-state index in [-0.39, 0.29) is 5.56 Å². The molecule has 21 heavy (non-hydrogen) atoms. The van der Waals surface area contributed by atoms with Crippen molar-refractivity contribution in [1.82, 2.24) is 0 Å². The van der Waals surface area contributed by atoms with Gasteiger partial charge in [-0.3, -0.25) is 0 Å². The second kappa shape index (κ2) is 6.57. The average Bonchev–Trinajstić information content (AvgIpc) is 2.26. The zero-order valence-electron chi connectivity index (χ0n) is 12.0. The number of hydrogen-bond acceptors (Lipinski definition) is 5.